The smallest absolute Gasteiger partial charge is 0.234 e. The highest BCUT2D eigenvalue weighted by Crippen LogP contribution is 2.35. The molecule has 26 heavy (non-hydrogen) atoms. The predicted octanol–water partition coefficient (Wildman–Crippen LogP) is 2.90. The van der Waals surface area contributed by atoms with Gasteiger partial charge in [-0.05, 0) is 42.2 Å². The maximum absolute atomic E-state index is 12.8. The number of para-hydroxylation sites is 1. The molecule has 0 spiro atoms. The third kappa shape index (κ3) is 2.98. The summed E-state index contributed by atoms with van der Waals surface area (Å²) in [5.74, 6) is 0.930. The van der Waals surface area contributed by atoms with Crippen LogP contribution in [0.15, 0.2) is 36.4 Å². The number of anilines is 2. The summed E-state index contributed by atoms with van der Waals surface area (Å²) < 4.78 is 10.7. The zero-order chi connectivity index (χ0) is 18.1. The topological polar surface area (TPSA) is 67.9 Å². The minimum atomic E-state index is -0.275. The van der Waals surface area contributed by atoms with Crippen molar-refractivity contribution in [1.29, 1.82) is 0 Å². The molecule has 6 nitrogen and oxygen atoms in total. The lowest BCUT2D eigenvalue weighted by molar-refractivity contribution is -0.125. The molecule has 0 unspecified atom stereocenters. The lowest BCUT2D eigenvalue weighted by atomic mass is 10.1. The van der Waals surface area contributed by atoms with E-state index in [1.165, 1.54) is 11.8 Å². The maximum Gasteiger partial charge on any atom is 0.234 e. The number of aryl methyl sites for hydroxylation is 1. The number of ether oxygens (including phenoxy) is 2. The molecule has 1 N–H and O–H groups in total. The van der Waals surface area contributed by atoms with E-state index in [9.17, 15) is 9.59 Å². The van der Waals surface area contributed by atoms with E-state index in [0.717, 1.165) is 35.5 Å². The molecule has 0 fully saturated rings. The van der Waals surface area contributed by atoms with Crippen molar-refractivity contribution in [3.05, 3.63) is 47.5 Å². The van der Waals surface area contributed by atoms with E-state index in [-0.39, 0.29) is 25.0 Å². The van der Waals surface area contributed by atoms with E-state index in [1.54, 1.807) is 0 Å². The zero-order valence-corrected chi connectivity index (χ0v) is 14.6. The number of nitrogens with one attached hydrogen (secondary N) is 1. The second-order valence-corrected chi connectivity index (χ2v) is 6.42. The highest BCUT2D eigenvalue weighted by molar-refractivity contribution is 6.16. The van der Waals surface area contributed by atoms with Crippen molar-refractivity contribution in [2.45, 2.75) is 26.2 Å². The van der Waals surface area contributed by atoms with Crippen LogP contribution >= 0.6 is 0 Å². The number of imide groups is 1. The van der Waals surface area contributed by atoms with Gasteiger partial charge in [-0.1, -0.05) is 18.2 Å². The molecular formula is C20H20N2O4. The third-order valence-electron chi connectivity index (χ3n) is 4.69. The van der Waals surface area contributed by atoms with Crippen molar-refractivity contribution in [3.63, 3.8) is 0 Å². The van der Waals surface area contributed by atoms with E-state index in [2.05, 4.69) is 5.32 Å². The van der Waals surface area contributed by atoms with E-state index in [4.69, 9.17) is 9.47 Å². The fraction of sp³-hybridized carbons (Fsp3) is 0.300. The number of fused-ring (bicyclic) bond motifs is 2. The van der Waals surface area contributed by atoms with Gasteiger partial charge >= 0.3 is 0 Å². The summed E-state index contributed by atoms with van der Waals surface area (Å²) in [6.45, 7) is 2.47. The summed E-state index contributed by atoms with van der Waals surface area (Å²) in [5, 5.41) is 3.28. The number of benzene rings is 2. The van der Waals surface area contributed by atoms with Crippen LogP contribution in [0, 0.1) is 0 Å². The van der Waals surface area contributed by atoms with Crippen LogP contribution in [0.3, 0.4) is 0 Å². The Morgan fingerprint density at radius 2 is 2.00 bits per heavy atom. The first kappa shape index (κ1) is 16.4. The van der Waals surface area contributed by atoms with Crippen molar-refractivity contribution < 1.29 is 19.1 Å². The summed E-state index contributed by atoms with van der Waals surface area (Å²) >= 11 is 0. The van der Waals surface area contributed by atoms with Crippen molar-refractivity contribution in [2.75, 3.05) is 23.6 Å². The van der Waals surface area contributed by atoms with E-state index < -0.39 is 0 Å². The van der Waals surface area contributed by atoms with E-state index in [1.807, 2.05) is 36.4 Å². The summed E-state index contributed by atoms with van der Waals surface area (Å²) in [7, 11) is 0. The summed E-state index contributed by atoms with van der Waals surface area (Å²) in [6, 6.07) is 11.4. The largest absolute Gasteiger partial charge is 0.454 e. The Labute approximate surface area is 151 Å². The van der Waals surface area contributed by atoms with Gasteiger partial charge in [-0.3, -0.25) is 9.59 Å². The molecule has 6 heteroatoms. The normalized spacial score (nSPS) is 13.9. The lowest BCUT2D eigenvalue weighted by Gasteiger charge is -2.22. The lowest BCUT2D eigenvalue weighted by Crippen LogP contribution is -2.35. The Morgan fingerprint density at radius 1 is 1.15 bits per heavy atom. The van der Waals surface area contributed by atoms with Crippen LogP contribution in [0.25, 0.3) is 0 Å². The molecule has 0 saturated heterocycles. The summed E-state index contributed by atoms with van der Waals surface area (Å²) in [4.78, 5) is 26.3. The van der Waals surface area contributed by atoms with Crippen LogP contribution < -0.4 is 19.7 Å². The quantitative estimate of drug-likeness (QED) is 0.916. The fourth-order valence-corrected chi connectivity index (χ4v) is 3.45. The molecule has 2 aromatic carbocycles. The van der Waals surface area contributed by atoms with Gasteiger partial charge in [0.2, 0.25) is 18.6 Å². The monoisotopic (exact) mass is 352 g/mol. The maximum atomic E-state index is 12.8. The fourth-order valence-electron chi connectivity index (χ4n) is 3.45. The number of carbonyl (C=O) groups excluding carboxylic acids is 2. The highest BCUT2D eigenvalue weighted by atomic mass is 16.7. The molecule has 2 aromatic rings. The first-order chi connectivity index (χ1) is 12.6. The Balaban J connectivity index is 1.52. The number of amides is 2. The SMILES string of the molecule is CC(=O)N(C(=O)CCc1ccc2c(c1)OCO2)c1cccc2c1NCC2. The third-order valence-corrected chi connectivity index (χ3v) is 4.69. The second-order valence-electron chi connectivity index (χ2n) is 6.42. The van der Waals surface area contributed by atoms with Gasteiger partial charge < -0.3 is 14.8 Å². The van der Waals surface area contributed by atoms with Gasteiger partial charge in [0.05, 0.1) is 11.4 Å². The molecule has 2 aliphatic heterocycles. The number of carbonyl (C=O) groups is 2. The van der Waals surface area contributed by atoms with Gasteiger partial charge in [0, 0.05) is 19.9 Å². The van der Waals surface area contributed by atoms with Gasteiger partial charge in [0.15, 0.2) is 11.5 Å². The molecule has 0 saturated carbocycles. The standard InChI is InChI=1S/C20H20N2O4/c1-13(23)22(16-4-2-3-15-9-10-21-20(15)16)19(24)8-6-14-5-7-17-18(11-14)26-12-25-17/h2-5,7,11,21H,6,8-10,12H2,1H3. The van der Waals surface area contributed by atoms with Crippen LogP contribution in [0.4, 0.5) is 11.4 Å². The first-order valence-corrected chi connectivity index (χ1v) is 8.71. The average Bonchev–Trinajstić information content (AvgIpc) is 3.28. The molecule has 2 amide bonds. The van der Waals surface area contributed by atoms with Gasteiger partial charge in [-0.15, -0.1) is 0 Å². The summed E-state index contributed by atoms with van der Waals surface area (Å²) in [5.41, 5.74) is 3.64. The van der Waals surface area contributed by atoms with Gasteiger partial charge in [-0.2, -0.15) is 0 Å². The Kier molecular flexibility index (Phi) is 4.24. The van der Waals surface area contributed by atoms with E-state index in [0.29, 0.717) is 17.9 Å². The van der Waals surface area contributed by atoms with Crippen LogP contribution in [-0.2, 0) is 22.4 Å². The van der Waals surface area contributed by atoms with Crippen LogP contribution in [0.5, 0.6) is 11.5 Å². The molecule has 0 atom stereocenters. The Morgan fingerprint density at radius 3 is 2.85 bits per heavy atom. The van der Waals surface area contributed by atoms with Crippen molar-refractivity contribution in [3.8, 4) is 11.5 Å². The molecule has 0 aliphatic carbocycles. The molecule has 134 valence electrons. The van der Waals surface area contributed by atoms with Crippen molar-refractivity contribution >= 4 is 23.2 Å². The minimum Gasteiger partial charge on any atom is -0.454 e. The average molecular weight is 352 g/mol. The minimum absolute atomic E-state index is 0.211. The first-order valence-electron chi connectivity index (χ1n) is 8.71. The van der Waals surface area contributed by atoms with Crippen LogP contribution in [0.1, 0.15) is 24.5 Å². The number of rotatable bonds is 4. The van der Waals surface area contributed by atoms with Crippen molar-refractivity contribution in [1.82, 2.24) is 0 Å². The molecule has 4 rings (SSSR count). The Hall–Kier alpha value is -3.02. The number of nitrogens with zero attached hydrogens (tertiary/aromatic N) is 1. The number of hydrogen-bond acceptors (Lipinski definition) is 5. The van der Waals surface area contributed by atoms with Crippen molar-refractivity contribution in [2.24, 2.45) is 0 Å². The second kappa shape index (κ2) is 6.71. The van der Waals surface area contributed by atoms with Gasteiger partial charge in [0.25, 0.3) is 0 Å². The Bertz CT molecular complexity index is 878. The summed E-state index contributed by atoms with van der Waals surface area (Å²) in [6.07, 6.45) is 1.67. The van der Waals surface area contributed by atoms with Crippen LogP contribution in [-0.4, -0.2) is 25.2 Å². The zero-order valence-electron chi connectivity index (χ0n) is 14.6. The number of hydrogen-bond donors (Lipinski definition) is 1. The van der Waals surface area contributed by atoms with Gasteiger partial charge in [-0.25, -0.2) is 4.90 Å². The van der Waals surface area contributed by atoms with Crippen LogP contribution in [0.2, 0.25) is 0 Å². The molecule has 2 heterocycles. The molecule has 0 bridgehead atoms. The molecule has 0 aromatic heterocycles. The molecule has 2 aliphatic rings. The highest BCUT2D eigenvalue weighted by Gasteiger charge is 2.25. The van der Waals surface area contributed by atoms with E-state index >= 15 is 0 Å². The molecular weight excluding hydrogens is 332 g/mol. The molecule has 0 radical (unpaired) electrons. The predicted molar refractivity (Wildman–Crippen MR) is 97.7 cm³/mol. The van der Waals surface area contributed by atoms with Gasteiger partial charge in [0.1, 0.15) is 0 Å².